The SMILES string of the molecule is CCC(=Cc1oc2ccc(-c3ccccc3)cc2[n+]1CCC(c1ccccc1)S(=O)(=O)O)C=C1Oc2ccc(-c3ccccc3)cc2N1CCc1ccccc1. The van der Waals surface area contributed by atoms with Crippen molar-refractivity contribution in [2.24, 2.45) is 0 Å². The first-order valence-corrected chi connectivity index (χ1v) is 20.5. The van der Waals surface area contributed by atoms with Gasteiger partial charge in [0.25, 0.3) is 15.6 Å². The Morgan fingerprint density at radius 2 is 1.36 bits per heavy atom. The second kappa shape index (κ2) is 16.3. The van der Waals surface area contributed by atoms with E-state index in [9.17, 15) is 13.0 Å². The molecule has 1 aliphatic heterocycles. The summed E-state index contributed by atoms with van der Waals surface area (Å²) in [4.78, 5) is 2.24. The number of benzene rings is 6. The quantitative estimate of drug-likeness (QED) is 0.0931. The Morgan fingerprint density at radius 1 is 0.750 bits per heavy atom. The summed E-state index contributed by atoms with van der Waals surface area (Å²) >= 11 is 0. The minimum atomic E-state index is -4.40. The first-order chi connectivity index (χ1) is 27.3. The van der Waals surface area contributed by atoms with Gasteiger partial charge < -0.3 is 14.1 Å². The molecule has 0 amide bonds. The van der Waals surface area contributed by atoms with Crippen LogP contribution in [0.15, 0.2) is 180 Å². The van der Waals surface area contributed by atoms with Gasteiger partial charge in [-0.15, -0.1) is 0 Å². The molecule has 8 rings (SSSR count). The van der Waals surface area contributed by atoms with Gasteiger partial charge in [0.05, 0.1) is 11.8 Å². The lowest BCUT2D eigenvalue weighted by molar-refractivity contribution is -0.678. The summed E-state index contributed by atoms with van der Waals surface area (Å²) in [6, 6.07) is 52.2. The lowest BCUT2D eigenvalue weighted by Gasteiger charge is -2.19. The Hall–Kier alpha value is -6.22. The fourth-order valence-corrected chi connectivity index (χ4v) is 8.25. The van der Waals surface area contributed by atoms with Crippen molar-refractivity contribution >= 4 is 33.0 Å². The molecule has 1 N–H and O–H groups in total. The molecular formula is C48H43N2O5S+. The summed E-state index contributed by atoms with van der Waals surface area (Å²) in [5, 5.41) is -1.10. The zero-order chi connectivity index (χ0) is 38.5. The topological polar surface area (TPSA) is 83.9 Å². The van der Waals surface area contributed by atoms with Crippen molar-refractivity contribution in [3.63, 3.8) is 0 Å². The van der Waals surface area contributed by atoms with Crippen LogP contribution >= 0.6 is 0 Å². The van der Waals surface area contributed by atoms with Crippen LogP contribution in [0.4, 0.5) is 5.69 Å². The largest absolute Gasteiger partial charge is 0.439 e. The van der Waals surface area contributed by atoms with E-state index in [2.05, 4.69) is 84.6 Å². The molecule has 1 aliphatic rings. The molecule has 0 bridgehead atoms. The normalized spacial score (nSPS) is 14.2. The summed E-state index contributed by atoms with van der Waals surface area (Å²) in [5.74, 6) is 2.08. The lowest BCUT2D eigenvalue weighted by Crippen LogP contribution is -2.37. The highest BCUT2D eigenvalue weighted by atomic mass is 32.2. The number of anilines is 1. The van der Waals surface area contributed by atoms with E-state index in [1.54, 1.807) is 24.3 Å². The zero-order valence-electron chi connectivity index (χ0n) is 31.2. The minimum Gasteiger partial charge on any atom is -0.439 e. The minimum absolute atomic E-state index is 0.135. The Balaban J connectivity index is 1.19. The van der Waals surface area contributed by atoms with Gasteiger partial charge in [0, 0.05) is 25.1 Å². The van der Waals surface area contributed by atoms with Crippen LogP contribution in [0.25, 0.3) is 39.4 Å². The van der Waals surface area contributed by atoms with E-state index in [4.69, 9.17) is 9.15 Å². The number of aromatic nitrogens is 1. The fourth-order valence-electron chi connectivity index (χ4n) is 7.35. The molecular weight excluding hydrogens is 717 g/mol. The van der Waals surface area contributed by atoms with Crippen molar-refractivity contribution in [2.75, 3.05) is 11.4 Å². The molecule has 280 valence electrons. The predicted molar refractivity (Wildman–Crippen MR) is 224 cm³/mol. The highest BCUT2D eigenvalue weighted by molar-refractivity contribution is 7.86. The van der Waals surface area contributed by atoms with Crippen molar-refractivity contribution in [1.29, 1.82) is 0 Å². The Kier molecular flexibility index (Phi) is 10.7. The molecule has 1 unspecified atom stereocenters. The van der Waals surface area contributed by atoms with Crippen LogP contribution in [0.1, 0.15) is 42.0 Å². The highest BCUT2D eigenvalue weighted by Gasteiger charge is 2.31. The molecule has 0 aliphatic carbocycles. The van der Waals surface area contributed by atoms with Gasteiger partial charge in [-0.2, -0.15) is 13.0 Å². The van der Waals surface area contributed by atoms with E-state index in [0.717, 1.165) is 57.1 Å². The number of allylic oxidation sites excluding steroid dienone is 2. The van der Waals surface area contributed by atoms with Gasteiger partial charge in [0.2, 0.25) is 11.5 Å². The molecule has 1 aromatic heterocycles. The van der Waals surface area contributed by atoms with Crippen molar-refractivity contribution in [3.8, 4) is 28.0 Å². The van der Waals surface area contributed by atoms with Crippen molar-refractivity contribution in [3.05, 3.63) is 192 Å². The Labute approximate surface area is 328 Å². The van der Waals surface area contributed by atoms with Crippen molar-refractivity contribution in [2.45, 2.75) is 38.0 Å². The van der Waals surface area contributed by atoms with Crippen LogP contribution in [0.2, 0.25) is 0 Å². The molecule has 0 spiro atoms. The molecule has 56 heavy (non-hydrogen) atoms. The molecule has 0 saturated carbocycles. The summed E-state index contributed by atoms with van der Waals surface area (Å²) in [5.41, 5.74) is 9.56. The number of oxazole rings is 1. The number of fused-ring (bicyclic) bond motifs is 2. The third-order valence-electron chi connectivity index (χ3n) is 10.3. The number of hydrogen-bond acceptors (Lipinski definition) is 5. The summed E-state index contributed by atoms with van der Waals surface area (Å²) in [6.07, 6.45) is 5.72. The molecule has 7 nitrogen and oxygen atoms in total. The number of hydrogen-bond donors (Lipinski definition) is 1. The summed E-state index contributed by atoms with van der Waals surface area (Å²) in [6.45, 7) is 3.08. The number of aryl methyl sites for hydroxylation is 1. The van der Waals surface area contributed by atoms with Gasteiger partial charge in [0.15, 0.2) is 12.3 Å². The number of ether oxygens (including phenoxy) is 1. The van der Waals surface area contributed by atoms with Crippen LogP contribution in [-0.4, -0.2) is 19.5 Å². The molecule has 6 aromatic carbocycles. The first kappa shape index (κ1) is 36.7. The van der Waals surface area contributed by atoms with Crippen LogP contribution in [-0.2, 0) is 23.1 Å². The molecule has 8 heteroatoms. The van der Waals surface area contributed by atoms with Gasteiger partial charge in [-0.05, 0) is 70.0 Å². The maximum absolute atomic E-state index is 12.8. The predicted octanol–water partition coefficient (Wildman–Crippen LogP) is 10.8. The lowest BCUT2D eigenvalue weighted by atomic mass is 10.0. The monoisotopic (exact) mass is 759 g/mol. The maximum atomic E-state index is 12.8. The van der Waals surface area contributed by atoms with E-state index in [1.807, 2.05) is 77.4 Å². The molecule has 2 heterocycles. The van der Waals surface area contributed by atoms with E-state index in [1.165, 1.54) is 5.56 Å². The van der Waals surface area contributed by atoms with E-state index in [-0.39, 0.29) is 13.0 Å². The molecule has 1 atom stereocenters. The van der Waals surface area contributed by atoms with Gasteiger partial charge in [0.1, 0.15) is 5.25 Å². The van der Waals surface area contributed by atoms with Gasteiger partial charge in [-0.1, -0.05) is 140 Å². The van der Waals surface area contributed by atoms with Gasteiger partial charge >= 0.3 is 5.89 Å². The van der Waals surface area contributed by atoms with Crippen LogP contribution < -0.4 is 14.2 Å². The maximum Gasteiger partial charge on any atom is 0.374 e. The molecule has 0 saturated heterocycles. The fraction of sp³-hybridized carbons (Fsp3) is 0.146. The summed E-state index contributed by atoms with van der Waals surface area (Å²) < 4.78 is 51.1. The van der Waals surface area contributed by atoms with Crippen LogP contribution in [0, 0.1) is 0 Å². The van der Waals surface area contributed by atoms with E-state index >= 15 is 0 Å². The second-order valence-electron chi connectivity index (χ2n) is 13.9. The number of rotatable bonds is 13. The zero-order valence-corrected chi connectivity index (χ0v) is 32.0. The summed E-state index contributed by atoms with van der Waals surface area (Å²) in [7, 11) is -4.40. The molecule has 0 fully saturated rings. The molecule has 7 aromatic rings. The van der Waals surface area contributed by atoms with Crippen LogP contribution in [0.5, 0.6) is 5.75 Å². The first-order valence-electron chi connectivity index (χ1n) is 19.0. The standard InChI is InChI=1S/C48H42N2O5S/c1-2-35(31-47-49(29-27-36-15-7-3-8-16-36)42-33-40(23-25-44(42)54-47)37-17-9-4-10-18-37)32-48-50(30-28-46(56(51,52)53)39-21-13-6-14-22-39)43-34-41(24-26-45(43)55-48)38-19-11-5-12-20-38/h3-26,31-34,46H,2,27-30H2,1H3/p+1. The smallest absolute Gasteiger partial charge is 0.374 e. The van der Waals surface area contributed by atoms with Gasteiger partial charge in [-0.25, -0.2) is 0 Å². The third-order valence-corrected chi connectivity index (χ3v) is 11.5. The Bertz CT molecular complexity index is 2620. The average Bonchev–Trinajstić information content (AvgIpc) is 3.76. The Morgan fingerprint density at radius 3 is 2.00 bits per heavy atom. The van der Waals surface area contributed by atoms with Crippen molar-refractivity contribution < 1.29 is 26.7 Å². The second-order valence-corrected chi connectivity index (χ2v) is 15.5. The molecule has 0 radical (unpaired) electrons. The number of nitrogens with zero attached hydrogens (tertiary/aromatic N) is 2. The van der Waals surface area contributed by atoms with Gasteiger partial charge in [-0.3, -0.25) is 4.55 Å². The van der Waals surface area contributed by atoms with Crippen LogP contribution in [0.3, 0.4) is 0 Å². The third kappa shape index (κ3) is 8.08. The highest BCUT2D eigenvalue weighted by Crippen LogP contribution is 2.42. The average molecular weight is 760 g/mol. The van der Waals surface area contributed by atoms with E-state index < -0.39 is 15.4 Å². The van der Waals surface area contributed by atoms with E-state index in [0.29, 0.717) is 30.0 Å². The van der Waals surface area contributed by atoms with Crippen molar-refractivity contribution in [1.82, 2.24) is 0 Å².